The molecule has 1 aromatic rings. The summed E-state index contributed by atoms with van der Waals surface area (Å²) in [6, 6.07) is 9.82. The van der Waals surface area contributed by atoms with E-state index >= 15 is 0 Å². The molecule has 1 amide bonds. The van der Waals surface area contributed by atoms with Gasteiger partial charge in [-0.2, -0.15) is 0 Å². The number of rotatable bonds is 2. The van der Waals surface area contributed by atoms with E-state index in [1.165, 1.54) is 0 Å². The smallest absolute Gasteiger partial charge is 0.252 e. The molecule has 1 N–H and O–H groups in total. The molecule has 0 spiro atoms. The minimum absolute atomic E-state index is 0.0815. The first-order chi connectivity index (χ1) is 6.24. The van der Waals surface area contributed by atoms with Crippen LogP contribution in [0.25, 0.3) is 5.57 Å². The van der Waals surface area contributed by atoms with Crippen molar-refractivity contribution in [1.29, 1.82) is 0 Å². The Bertz CT molecular complexity index is 319. The molecule has 2 nitrogen and oxygen atoms in total. The maximum Gasteiger partial charge on any atom is 0.252 e. The third-order valence-electron chi connectivity index (χ3n) is 1.67. The summed E-state index contributed by atoms with van der Waals surface area (Å²) < 4.78 is 2.52. The fourth-order valence-corrected chi connectivity index (χ4v) is 1.16. The molecule has 1 rings (SSSR count). The lowest BCUT2D eigenvalue weighted by Crippen LogP contribution is -2.07. The minimum atomic E-state index is -0.0815. The number of hydrogen-bond donors (Lipinski definition) is 1. The van der Waals surface area contributed by atoms with Crippen molar-refractivity contribution >= 4 is 34.3 Å². The van der Waals surface area contributed by atoms with Gasteiger partial charge in [0.2, 0.25) is 0 Å². The van der Waals surface area contributed by atoms with Crippen LogP contribution in [0, 0.1) is 0 Å². The first-order valence-corrected chi connectivity index (χ1v) is 4.96. The molecule has 0 radical (unpaired) electrons. The van der Waals surface area contributed by atoms with Crippen LogP contribution < -0.4 is 3.53 Å². The molecule has 3 heteroatoms. The summed E-state index contributed by atoms with van der Waals surface area (Å²) in [5, 5.41) is 0. The normalized spacial score (nSPS) is 11.1. The Kier molecular flexibility index (Phi) is 3.95. The molecule has 13 heavy (non-hydrogen) atoms. The lowest BCUT2D eigenvalue weighted by atomic mass is 10.1. The minimum Gasteiger partial charge on any atom is -0.295 e. The van der Waals surface area contributed by atoms with E-state index in [9.17, 15) is 4.79 Å². The van der Waals surface area contributed by atoms with Gasteiger partial charge in [-0.1, -0.05) is 30.3 Å². The molecule has 0 aromatic heterocycles. The first kappa shape index (κ1) is 10.2. The van der Waals surface area contributed by atoms with Gasteiger partial charge in [-0.05, 0) is 18.1 Å². The molecule has 0 unspecified atom stereocenters. The second-order valence-electron chi connectivity index (χ2n) is 2.65. The van der Waals surface area contributed by atoms with Crippen molar-refractivity contribution in [3.63, 3.8) is 0 Å². The van der Waals surface area contributed by atoms with E-state index in [2.05, 4.69) is 3.53 Å². The number of allylic oxidation sites excluding steroid dienone is 1. The molecule has 0 fully saturated rings. The predicted molar refractivity (Wildman–Crippen MR) is 62.3 cm³/mol. The van der Waals surface area contributed by atoms with Gasteiger partial charge in [-0.25, -0.2) is 0 Å². The van der Waals surface area contributed by atoms with Crippen molar-refractivity contribution < 1.29 is 4.79 Å². The molecular weight excluding hydrogens is 277 g/mol. The zero-order valence-corrected chi connectivity index (χ0v) is 9.41. The SMILES string of the molecule is C/C(=C\C(=O)NI)c1ccccc1. The van der Waals surface area contributed by atoms with E-state index in [4.69, 9.17) is 0 Å². The number of carbonyl (C=O) groups is 1. The largest absolute Gasteiger partial charge is 0.295 e. The maximum atomic E-state index is 11.0. The number of nitrogens with one attached hydrogen (secondary N) is 1. The van der Waals surface area contributed by atoms with Gasteiger partial charge in [0.15, 0.2) is 0 Å². The lowest BCUT2D eigenvalue weighted by Gasteiger charge is -1.99. The van der Waals surface area contributed by atoms with E-state index in [1.807, 2.05) is 60.1 Å². The van der Waals surface area contributed by atoms with Crippen LogP contribution >= 0.6 is 22.9 Å². The number of carbonyl (C=O) groups excluding carboxylic acids is 1. The van der Waals surface area contributed by atoms with Crippen LogP contribution in [-0.2, 0) is 4.79 Å². The second kappa shape index (κ2) is 5.01. The van der Waals surface area contributed by atoms with Crippen molar-refractivity contribution in [3.05, 3.63) is 42.0 Å². The molecule has 0 saturated carbocycles. The molecule has 0 saturated heterocycles. The molecule has 0 aliphatic rings. The molecule has 0 heterocycles. The fraction of sp³-hybridized carbons (Fsp3) is 0.100. The zero-order valence-electron chi connectivity index (χ0n) is 7.25. The van der Waals surface area contributed by atoms with Gasteiger partial charge in [-0.3, -0.25) is 8.32 Å². The van der Waals surface area contributed by atoms with Gasteiger partial charge in [0.25, 0.3) is 5.91 Å². The number of amides is 1. The van der Waals surface area contributed by atoms with E-state index in [0.717, 1.165) is 11.1 Å². The number of halogens is 1. The average Bonchev–Trinajstić information content (AvgIpc) is 2.19. The Labute approximate surface area is 91.5 Å². The third-order valence-corrected chi connectivity index (χ3v) is 2.20. The zero-order chi connectivity index (χ0) is 9.68. The standard InChI is InChI=1S/C10H10INO/c1-8(7-10(13)12-11)9-5-3-2-4-6-9/h2-7H,1H3,(H,12,13)/b8-7+. The maximum absolute atomic E-state index is 11.0. The van der Waals surface area contributed by atoms with Gasteiger partial charge >= 0.3 is 0 Å². The van der Waals surface area contributed by atoms with Gasteiger partial charge in [0.05, 0.1) is 22.9 Å². The van der Waals surface area contributed by atoms with E-state index in [1.54, 1.807) is 6.08 Å². The Hall–Kier alpha value is -0.840. The average molecular weight is 287 g/mol. The van der Waals surface area contributed by atoms with Crippen LogP contribution in [0.1, 0.15) is 12.5 Å². The summed E-state index contributed by atoms with van der Waals surface area (Å²) in [5.74, 6) is -0.0815. The molecular formula is C10H10INO. The van der Waals surface area contributed by atoms with Crippen molar-refractivity contribution in [2.75, 3.05) is 0 Å². The van der Waals surface area contributed by atoms with Gasteiger partial charge in [0.1, 0.15) is 0 Å². The molecule has 0 aliphatic heterocycles. The quantitative estimate of drug-likeness (QED) is 0.505. The van der Waals surface area contributed by atoms with Crippen molar-refractivity contribution in [1.82, 2.24) is 3.53 Å². The summed E-state index contributed by atoms with van der Waals surface area (Å²) in [7, 11) is 0. The van der Waals surface area contributed by atoms with Gasteiger partial charge in [0, 0.05) is 6.08 Å². The molecule has 0 bridgehead atoms. The van der Waals surface area contributed by atoms with E-state index in [0.29, 0.717) is 0 Å². The van der Waals surface area contributed by atoms with Gasteiger partial charge in [-0.15, -0.1) is 0 Å². The van der Waals surface area contributed by atoms with E-state index in [-0.39, 0.29) is 5.91 Å². The number of hydrogen-bond acceptors (Lipinski definition) is 1. The highest BCUT2D eigenvalue weighted by molar-refractivity contribution is 14.1. The van der Waals surface area contributed by atoms with Crippen LogP contribution in [0.15, 0.2) is 36.4 Å². The third kappa shape index (κ3) is 3.18. The second-order valence-corrected chi connectivity index (χ2v) is 3.19. The van der Waals surface area contributed by atoms with Crippen molar-refractivity contribution in [3.8, 4) is 0 Å². The van der Waals surface area contributed by atoms with Crippen LogP contribution in [0.4, 0.5) is 0 Å². The number of benzene rings is 1. The summed E-state index contributed by atoms with van der Waals surface area (Å²) in [6.07, 6.45) is 1.59. The highest BCUT2D eigenvalue weighted by Crippen LogP contribution is 2.11. The Morgan fingerprint density at radius 1 is 1.38 bits per heavy atom. The summed E-state index contributed by atoms with van der Waals surface area (Å²) in [5.41, 5.74) is 2.04. The Balaban J connectivity index is 2.85. The monoisotopic (exact) mass is 287 g/mol. The van der Waals surface area contributed by atoms with Crippen LogP contribution in [0.5, 0.6) is 0 Å². The summed E-state index contributed by atoms with van der Waals surface area (Å²) in [4.78, 5) is 11.0. The van der Waals surface area contributed by atoms with Crippen LogP contribution in [-0.4, -0.2) is 5.91 Å². The predicted octanol–water partition coefficient (Wildman–Crippen LogP) is 2.56. The Morgan fingerprint density at radius 3 is 2.54 bits per heavy atom. The molecule has 0 aliphatic carbocycles. The van der Waals surface area contributed by atoms with E-state index < -0.39 is 0 Å². The van der Waals surface area contributed by atoms with Crippen molar-refractivity contribution in [2.45, 2.75) is 6.92 Å². The highest BCUT2D eigenvalue weighted by Gasteiger charge is 1.97. The summed E-state index contributed by atoms with van der Waals surface area (Å²) in [6.45, 7) is 1.92. The fourth-order valence-electron chi connectivity index (χ4n) is 1.01. The molecule has 0 atom stereocenters. The van der Waals surface area contributed by atoms with Crippen molar-refractivity contribution in [2.24, 2.45) is 0 Å². The van der Waals surface area contributed by atoms with Crippen LogP contribution in [0.2, 0.25) is 0 Å². The molecule has 1 aromatic carbocycles. The van der Waals surface area contributed by atoms with Gasteiger partial charge < -0.3 is 0 Å². The topological polar surface area (TPSA) is 29.1 Å². The summed E-state index contributed by atoms with van der Waals surface area (Å²) >= 11 is 1.82. The Morgan fingerprint density at radius 2 is 2.00 bits per heavy atom. The lowest BCUT2D eigenvalue weighted by molar-refractivity contribution is -0.114. The highest BCUT2D eigenvalue weighted by atomic mass is 127. The van der Waals surface area contributed by atoms with Crippen LogP contribution in [0.3, 0.4) is 0 Å². The molecule has 68 valence electrons. The first-order valence-electron chi connectivity index (χ1n) is 3.88.